The highest BCUT2D eigenvalue weighted by Gasteiger charge is 2.40. The van der Waals surface area contributed by atoms with Crippen LogP contribution in [0.15, 0.2) is 47.2 Å². The molecule has 1 fully saturated rings. The van der Waals surface area contributed by atoms with Crippen LogP contribution in [0.4, 0.5) is 0 Å². The molecule has 3 rings (SSSR count). The van der Waals surface area contributed by atoms with Crippen LogP contribution >= 0.6 is 12.2 Å². The summed E-state index contributed by atoms with van der Waals surface area (Å²) in [6, 6.07) is 9.79. The molecular weight excluding hydrogens is 298 g/mol. The van der Waals surface area contributed by atoms with Crippen molar-refractivity contribution in [3.8, 4) is 0 Å². The lowest BCUT2D eigenvalue weighted by Crippen LogP contribution is -2.31. The summed E-state index contributed by atoms with van der Waals surface area (Å²) in [5, 5.41) is 4.11. The third-order valence-corrected chi connectivity index (χ3v) is 4.13. The number of hydrogen-bond donors (Lipinski definition) is 1. The van der Waals surface area contributed by atoms with Crippen LogP contribution in [0.2, 0.25) is 0 Å². The second-order valence-corrected chi connectivity index (χ2v) is 5.57. The summed E-state index contributed by atoms with van der Waals surface area (Å²) in [7, 11) is 1.71. The Morgan fingerprint density at radius 2 is 2.27 bits per heavy atom. The molecule has 0 amide bonds. The Balaban J connectivity index is 1.88. The van der Waals surface area contributed by atoms with Gasteiger partial charge in [-0.3, -0.25) is 4.98 Å². The lowest BCUT2D eigenvalue weighted by atomic mass is 10.0. The van der Waals surface area contributed by atoms with Gasteiger partial charge in [-0.15, -0.1) is 0 Å². The number of furan rings is 1. The van der Waals surface area contributed by atoms with Crippen molar-refractivity contribution < 1.29 is 9.15 Å². The van der Waals surface area contributed by atoms with E-state index in [4.69, 9.17) is 21.4 Å². The van der Waals surface area contributed by atoms with E-state index < -0.39 is 0 Å². The number of methoxy groups -OCH3 is 1. The zero-order chi connectivity index (χ0) is 15.4. The van der Waals surface area contributed by atoms with Crippen molar-refractivity contribution in [3.05, 3.63) is 54.2 Å². The van der Waals surface area contributed by atoms with Crippen molar-refractivity contribution in [2.24, 2.45) is 0 Å². The van der Waals surface area contributed by atoms with Crippen LogP contribution in [-0.4, -0.2) is 35.3 Å². The van der Waals surface area contributed by atoms with Gasteiger partial charge in [-0.1, -0.05) is 6.07 Å². The molecule has 0 spiro atoms. The smallest absolute Gasteiger partial charge is 0.170 e. The molecule has 5 nitrogen and oxygen atoms in total. The third kappa shape index (κ3) is 2.98. The van der Waals surface area contributed by atoms with Crippen LogP contribution < -0.4 is 5.32 Å². The number of hydrogen-bond acceptors (Lipinski definition) is 4. The van der Waals surface area contributed by atoms with Gasteiger partial charge >= 0.3 is 0 Å². The standard InChI is InChI=1S/C16H19N3O2S/c1-20-10-5-9-19-15(13-7-4-11-21-13)14(18-16(19)22)12-6-2-3-8-17-12/h2-4,6-8,11,14-15H,5,9-10H2,1H3,(H,18,22)/t14-,15+/m0/s1. The molecule has 3 heterocycles. The summed E-state index contributed by atoms with van der Waals surface area (Å²) in [5.41, 5.74) is 0.959. The van der Waals surface area contributed by atoms with Crippen molar-refractivity contribution in [1.29, 1.82) is 0 Å². The molecule has 22 heavy (non-hydrogen) atoms. The average molecular weight is 317 g/mol. The molecule has 0 aromatic carbocycles. The second kappa shape index (κ2) is 6.89. The minimum atomic E-state index is -0.0117. The molecule has 2 atom stereocenters. The van der Waals surface area contributed by atoms with Crippen LogP contribution in [0.1, 0.15) is 30.0 Å². The molecule has 2 aromatic rings. The molecule has 1 N–H and O–H groups in total. The first-order chi connectivity index (χ1) is 10.8. The van der Waals surface area contributed by atoms with Crippen molar-refractivity contribution in [1.82, 2.24) is 15.2 Å². The summed E-state index contributed by atoms with van der Waals surface area (Å²) in [6.07, 6.45) is 4.40. The first-order valence-electron chi connectivity index (χ1n) is 7.31. The first-order valence-corrected chi connectivity index (χ1v) is 7.72. The topological polar surface area (TPSA) is 50.5 Å². The number of nitrogens with zero attached hydrogens (tertiary/aromatic N) is 2. The predicted octanol–water partition coefficient (Wildman–Crippen LogP) is 2.68. The van der Waals surface area contributed by atoms with E-state index in [0.717, 1.165) is 29.5 Å². The molecule has 0 radical (unpaired) electrons. The van der Waals surface area contributed by atoms with Crippen LogP contribution in [-0.2, 0) is 4.74 Å². The minimum absolute atomic E-state index is 0.00857. The van der Waals surface area contributed by atoms with Gasteiger partial charge in [0.2, 0.25) is 0 Å². The number of nitrogens with one attached hydrogen (secondary N) is 1. The van der Waals surface area contributed by atoms with E-state index in [9.17, 15) is 0 Å². The Morgan fingerprint density at radius 1 is 1.36 bits per heavy atom. The van der Waals surface area contributed by atoms with Crippen LogP contribution in [0.3, 0.4) is 0 Å². The van der Waals surface area contributed by atoms with Gasteiger partial charge in [-0.2, -0.15) is 0 Å². The maximum absolute atomic E-state index is 5.65. The first kappa shape index (κ1) is 15.0. The van der Waals surface area contributed by atoms with E-state index in [-0.39, 0.29) is 12.1 Å². The van der Waals surface area contributed by atoms with E-state index in [1.54, 1.807) is 19.6 Å². The maximum Gasteiger partial charge on any atom is 0.170 e. The highest BCUT2D eigenvalue weighted by molar-refractivity contribution is 7.80. The van der Waals surface area contributed by atoms with Gasteiger partial charge in [0, 0.05) is 26.5 Å². The highest BCUT2D eigenvalue weighted by Crippen LogP contribution is 2.38. The van der Waals surface area contributed by atoms with Gasteiger partial charge in [0.25, 0.3) is 0 Å². The summed E-state index contributed by atoms with van der Waals surface area (Å²) < 4.78 is 10.8. The van der Waals surface area contributed by atoms with Gasteiger partial charge < -0.3 is 19.4 Å². The molecule has 1 aliphatic rings. The van der Waals surface area contributed by atoms with Crippen LogP contribution in [0.25, 0.3) is 0 Å². The third-order valence-electron chi connectivity index (χ3n) is 3.78. The summed E-state index contributed by atoms with van der Waals surface area (Å²) in [4.78, 5) is 6.63. The number of aromatic nitrogens is 1. The van der Waals surface area contributed by atoms with Crippen LogP contribution in [0, 0.1) is 0 Å². The van der Waals surface area contributed by atoms with E-state index in [2.05, 4.69) is 15.2 Å². The molecule has 1 saturated heterocycles. The number of thiocarbonyl (C=S) groups is 1. The van der Waals surface area contributed by atoms with Crippen LogP contribution in [0.5, 0.6) is 0 Å². The zero-order valence-corrected chi connectivity index (χ0v) is 13.3. The van der Waals surface area contributed by atoms with Gasteiger partial charge in [0.15, 0.2) is 5.11 Å². The summed E-state index contributed by atoms with van der Waals surface area (Å²) in [5.74, 6) is 0.889. The Labute approximate surface area is 135 Å². The quantitative estimate of drug-likeness (QED) is 0.653. The summed E-state index contributed by atoms with van der Waals surface area (Å²) in [6.45, 7) is 1.52. The largest absolute Gasteiger partial charge is 0.467 e. The summed E-state index contributed by atoms with van der Waals surface area (Å²) >= 11 is 5.52. The van der Waals surface area contributed by atoms with Crippen molar-refractivity contribution >= 4 is 17.3 Å². The number of rotatable bonds is 6. The Morgan fingerprint density at radius 3 is 2.95 bits per heavy atom. The van der Waals surface area contributed by atoms with Crippen molar-refractivity contribution in [3.63, 3.8) is 0 Å². The predicted molar refractivity (Wildman–Crippen MR) is 87.4 cm³/mol. The number of pyridine rings is 1. The van der Waals surface area contributed by atoms with E-state index >= 15 is 0 Å². The van der Waals surface area contributed by atoms with E-state index in [0.29, 0.717) is 6.61 Å². The Kier molecular flexibility index (Phi) is 4.70. The zero-order valence-electron chi connectivity index (χ0n) is 12.4. The van der Waals surface area contributed by atoms with Gasteiger partial charge in [0.1, 0.15) is 11.8 Å². The second-order valence-electron chi connectivity index (χ2n) is 5.18. The normalized spacial score (nSPS) is 21.1. The molecular formula is C16H19N3O2S. The maximum atomic E-state index is 5.65. The molecule has 0 saturated carbocycles. The van der Waals surface area contributed by atoms with E-state index in [1.807, 2.05) is 30.3 Å². The van der Waals surface area contributed by atoms with Gasteiger partial charge in [-0.05, 0) is 42.9 Å². The molecule has 0 aliphatic carbocycles. The fraction of sp³-hybridized carbons (Fsp3) is 0.375. The monoisotopic (exact) mass is 317 g/mol. The molecule has 0 unspecified atom stereocenters. The molecule has 2 aromatic heterocycles. The highest BCUT2D eigenvalue weighted by atomic mass is 32.1. The van der Waals surface area contributed by atoms with Crippen molar-refractivity contribution in [2.45, 2.75) is 18.5 Å². The minimum Gasteiger partial charge on any atom is -0.467 e. The lowest BCUT2D eigenvalue weighted by molar-refractivity contribution is 0.177. The molecule has 6 heteroatoms. The van der Waals surface area contributed by atoms with Gasteiger partial charge in [0.05, 0.1) is 18.0 Å². The molecule has 116 valence electrons. The SMILES string of the molecule is COCCCN1C(=S)N[C@@H](c2ccccn2)[C@H]1c1ccco1. The number of ether oxygens (including phenoxy) is 1. The lowest BCUT2D eigenvalue weighted by Gasteiger charge is -2.25. The Hall–Kier alpha value is -1.92. The van der Waals surface area contributed by atoms with E-state index in [1.165, 1.54) is 0 Å². The average Bonchev–Trinajstić information content (AvgIpc) is 3.17. The van der Waals surface area contributed by atoms with Crippen molar-refractivity contribution in [2.75, 3.05) is 20.3 Å². The van der Waals surface area contributed by atoms with Gasteiger partial charge in [-0.25, -0.2) is 0 Å². The molecule has 1 aliphatic heterocycles. The fourth-order valence-corrected chi connectivity index (χ4v) is 3.13. The fourth-order valence-electron chi connectivity index (χ4n) is 2.79. The Bertz CT molecular complexity index is 603. The molecule has 0 bridgehead atoms.